The predicted molar refractivity (Wildman–Crippen MR) is 231 cm³/mol. The first-order valence-electron chi connectivity index (χ1n) is 19.1. The second-order valence-corrected chi connectivity index (χ2v) is 15.0. The second kappa shape index (κ2) is 20.2. The molecule has 58 heavy (non-hydrogen) atoms. The summed E-state index contributed by atoms with van der Waals surface area (Å²) in [6, 6.07) is 37.2. The molecule has 0 aliphatic rings. The molecule has 7 aromatic rings. The van der Waals surface area contributed by atoms with E-state index in [1.54, 1.807) is 30.0 Å². The highest BCUT2D eigenvalue weighted by atomic mass is 32.1. The van der Waals surface area contributed by atoms with Crippen molar-refractivity contribution in [2.24, 2.45) is 5.73 Å². The highest BCUT2D eigenvalue weighted by molar-refractivity contribution is 7.07. The zero-order chi connectivity index (χ0) is 40.9. The summed E-state index contributed by atoms with van der Waals surface area (Å²) in [7, 11) is 0. The summed E-state index contributed by atoms with van der Waals surface area (Å²) in [5.74, 6) is 0.181. The van der Waals surface area contributed by atoms with Crippen molar-refractivity contribution in [2.45, 2.75) is 58.2 Å². The Labute approximate surface area is 343 Å². The van der Waals surface area contributed by atoms with Crippen molar-refractivity contribution in [3.63, 3.8) is 0 Å². The minimum atomic E-state index is -0.594. The summed E-state index contributed by atoms with van der Waals surface area (Å²) in [6.45, 7) is 4.39. The SMILES string of the molecule is Cc1cc(-c2ccc(O)c(CC(=O)[C@@H](N)Cc3ccccc3)c2)ccn1.Cc1cc(-c2ccc(O)c(CC(=O)[C@H](Cc3ccccc3)NCc3cscn3)c2)ccn1. The van der Waals surface area contributed by atoms with Crippen molar-refractivity contribution in [1.82, 2.24) is 20.3 Å². The van der Waals surface area contributed by atoms with E-state index in [0.717, 1.165) is 50.5 Å². The third kappa shape index (κ3) is 11.8. The molecule has 5 N–H and O–H groups in total. The van der Waals surface area contributed by atoms with Crippen LogP contribution < -0.4 is 11.1 Å². The molecule has 0 aliphatic heterocycles. The number of phenols is 2. The molecule has 0 unspecified atom stereocenters. The maximum atomic E-state index is 13.3. The smallest absolute Gasteiger partial charge is 0.154 e. The second-order valence-electron chi connectivity index (χ2n) is 14.2. The molecule has 0 amide bonds. The lowest BCUT2D eigenvalue weighted by Crippen LogP contribution is -2.39. The molecule has 0 aliphatic carbocycles. The van der Waals surface area contributed by atoms with Gasteiger partial charge in [-0.25, -0.2) is 4.98 Å². The van der Waals surface area contributed by atoms with Crippen molar-refractivity contribution >= 4 is 22.9 Å². The summed E-state index contributed by atoms with van der Waals surface area (Å²) in [6.07, 6.45) is 4.83. The molecule has 0 bridgehead atoms. The molecule has 3 heterocycles. The van der Waals surface area contributed by atoms with E-state index in [-0.39, 0.29) is 41.9 Å². The highest BCUT2D eigenvalue weighted by Crippen LogP contribution is 2.28. The van der Waals surface area contributed by atoms with E-state index in [0.29, 0.717) is 30.5 Å². The molecule has 4 aromatic carbocycles. The maximum absolute atomic E-state index is 13.3. The van der Waals surface area contributed by atoms with Gasteiger partial charge in [0.05, 0.1) is 23.3 Å². The van der Waals surface area contributed by atoms with Gasteiger partial charge in [-0.05, 0) is 109 Å². The van der Waals surface area contributed by atoms with Crippen LogP contribution in [0.2, 0.25) is 0 Å². The number of ketones is 2. The third-order valence-electron chi connectivity index (χ3n) is 9.74. The number of aryl methyl sites for hydroxylation is 2. The zero-order valence-corrected chi connectivity index (χ0v) is 33.4. The van der Waals surface area contributed by atoms with Gasteiger partial charge in [-0.1, -0.05) is 72.8 Å². The van der Waals surface area contributed by atoms with E-state index in [1.165, 1.54) is 11.3 Å². The van der Waals surface area contributed by atoms with E-state index in [2.05, 4.69) is 20.3 Å². The minimum Gasteiger partial charge on any atom is -0.508 e. The molecule has 0 saturated carbocycles. The van der Waals surface area contributed by atoms with Crippen LogP contribution in [0.5, 0.6) is 11.5 Å². The summed E-state index contributed by atoms with van der Waals surface area (Å²) in [5.41, 5.74) is 17.8. The van der Waals surface area contributed by atoms with Crippen LogP contribution in [0, 0.1) is 13.8 Å². The van der Waals surface area contributed by atoms with Gasteiger partial charge < -0.3 is 21.3 Å². The molecule has 0 saturated heterocycles. The number of phenolic OH excluding ortho intramolecular Hbond substituents is 2. The molecule has 2 atom stereocenters. The minimum absolute atomic E-state index is 0.0300. The van der Waals surface area contributed by atoms with Gasteiger partial charge in [-0.15, -0.1) is 11.3 Å². The standard InChI is InChI=1S/C26H25N3O2S.C22H22N2O2/c1-18-11-21(9-10-27-18)20-7-8-25(30)22(13-20)14-26(31)24(12-19-5-3-2-4-6-19)28-15-23-16-32-17-29-23;1-15-11-18(9-10-24-15)17-7-8-21(25)19(13-17)14-22(26)20(23)12-16-5-3-2-4-6-16/h2-11,13,16-17,24,28,30H,12,14-15H2,1H3;2-11,13,20,25H,12,14,23H2,1H3/t24-;20-/m00/s1. The van der Waals surface area contributed by atoms with Gasteiger partial charge in [0.15, 0.2) is 11.6 Å². The number of Topliss-reactive ketones (excluding diaryl/α,β-unsaturated/α-hetero) is 2. The lowest BCUT2D eigenvalue weighted by atomic mass is 9.95. The van der Waals surface area contributed by atoms with Gasteiger partial charge in [0.25, 0.3) is 0 Å². The van der Waals surface area contributed by atoms with Crippen molar-refractivity contribution < 1.29 is 19.8 Å². The van der Waals surface area contributed by atoms with Crippen molar-refractivity contribution in [1.29, 1.82) is 0 Å². The Kier molecular flexibility index (Phi) is 14.4. The number of thiazole rings is 1. The molecule has 7 rings (SSSR count). The number of nitrogens with zero attached hydrogens (tertiary/aromatic N) is 3. The molecule has 9 nitrogen and oxygen atoms in total. The van der Waals surface area contributed by atoms with Crippen LogP contribution in [0.4, 0.5) is 0 Å². The van der Waals surface area contributed by atoms with E-state index >= 15 is 0 Å². The molecule has 0 fully saturated rings. The van der Waals surface area contributed by atoms with E-state index in [4.69, 9.17) is 5.73 Å². The Morgan fingerprint density at radius 2 is 1.14 bits per heavy atom. The number of benzene rings is 4. The van der Waals surface area contributed by atoms with Crippen LogP contribution in [0.1, 0.15) is 39.3 Å². The third-order valence-corrected chi connectivity index (χ3v) is 10.4. The summed E-state index contributed by atoms with van der Waals surface area (Å²) in [4.78, 5) is 38.6. The molecular formula is C48H47N5O4S. The Bertz CT molecular complexity index is 2420. The Morgan fingerprint density at radius 3 is 1.64 bits per heavy atom. The first kappa shape index (κ1) is 41.3. The monoisotopic (exact) mass is 789 g/mol. The first-order chi connectivity index (χ1) is 28.1. The normalized spacial score (nSPS) is 11.9. The molecular weight excluding hydrogens is 743 g/mol. The van der Waals surface area contributed by atoms with Crippen LogP contribution in [-0.2, 0) is 41.8 Å². The zero-order valence-electron chi connectivity index (χ0n) is 32.6. The highest BCUT2D eigenvalue weighted by Gasteiger charge is 2.21. The Balaban J connectivity index is 0.000000200. The number of aromatic hydroxyl groups is 2. The number of pyridine rings is 2. The number of carbonyl (C=O) groups is 2. The fourth-order valence-electron chi connectivity index (χ4n) is 6.58. The van der Waals surface area contributed by atoms with Gasteiger partial charge >= 0.3 is 0 Å². The Morgan fingerprint density at radius 1 is 0.638 bits per heavy atom. The summed E-state index contributed by atoms with van der Waals surface area (Å²) in [5, 5.41) is 25.9. The number of rotatable bonds is 15. The lowest BCUT2D eigenvalue weighted by Gasteiger charge is -2.18. The Hall–Kier alpha value is -6.33. The van der Waals surface area contributed by atoms with Gasteiger partial charge in [0.1, 0.15) is 11.5 Å². The van der Waals surface area contributed by atoms with Crippen molar-refractivity contribution in [3.8, 4) is 33.8 Å². The van der Waals surface area contributed by atoms with E-state index in [1.807, 2.05) is 128 Å². The average molecular weight is 790 g/mol. The van der Waals surface area contributed by atoms with Crippen LogP contribution in [0.15, 0.2) is 145 Å². The molecule has 0 radical (unpaired) electrons. The van der Waals surface area contributed by atoms with Gasteiger partial charge in [0.2, 0.25) is 0 Å². The number of aromatic nitrogens is 3. The van der Waals surface area contributed by atoms with Crippen molar-refractivity contribution in [2.75, 3.05) is 0 Å². The number of carbonyl (C=O) groups excluding carboxylic acids is 2. The average Bonchev–Trinajstić information content (AvgIpc) is 3.76. The maximum Gasteiger partial charge on any atom is 0.154 e. The predicted octanol–water partition coefficient (Wildman–Crippen LogP) is 8.18. The first-order valence-corrected chi connectivity index (χ1v) is 20.0. The molecule has 0 spiro atoms. The molecule has 294 valence electrons. The van der Waals surface area contributed by atoms with Crippen LogP contribution in [-0.4, -0.2) is 48.8 Å². The van der Waals surface area contributed by atoms with Crippen LogP contribution in [0.3, 0.4) is 0 Å². The summed E-state index contributed by atoms with van der Waals surface area (Å²) < 4.78 is 0. The largest absolute Gasteiger partial charge is 0.508 e. The number of hydrogen-bond donors (Lipinski definition) is 4. The molecule has 10 heteroatoms. The lowest BCUT2D eigenvalue weighted by molar-refractivity contribution is -0.121. The topological polar surface area (TPSA) is 151 Å². The number of nitrogens with one attached hydrogen (secondary N) is 1. The van der Waals surface area contributed by atoms with Crippen LogP contribution in [0.25, 0.3) is 22.3 Å². The van der Waals surface area contributed by atoms with E-state index in [9.17, 15) is 19.8 Å². The number of nitrogens with two attached hydrogens (primary N) is 1. The quantitative estimate of drug-likeness (QED) is 0.0807. The molecule has 3 aromatic heterocycles. The summed E-state index contributed by atoms with van der Waals surface area (Å²) >= 11 is 1.54. The van der Waals surface area contributed by atoms with Crippen LogP contribution >= 0.6 is 11.3 Å². The fourth-order valence-corrected chi connectivity index (χ4v) is 7.14. The number of hydrogen-bond acceptors (Lipinski definition) is 10. The fraction of sp³-hybridized carbons (Fsp3) is 0.188. The van der Waals surface area contributed by atoms with Gasteiger partial charge in [-0.2, -0.15) is 0 Å². The van der Waals surface area contributed by atoms with E-state index < -0.39 is 6.04 Å². The van der Waals surface area contributed by atoms with Gasteiger partial charge in [0, 0.05) is 59.7 Å². The van der Waals surface area contributed by atoms with Crippen molar-refractivity contribution in [3.05, 3.63) is 184 Å². The van der Waals surface area contributed by atoms with Gasteiger partial charge in [-0.3, -0.25) is 19.6 Å².